The first-order valence-electron chi connectivity index (χ1n) is 9.66. The molecule has 5 aromatic rings. The van der Waals surface area contributed by atoms with Gasteiger partial charge in [-0.05, 0) is 54.8 Å². The summed E-state index contributed by atoms with van der Waals surface area (Å²) in [7, 11) is 0. The maximum absolute atomic E-state index is 4.96. The number of benzene rings is 2. The number of aryl methyl sites for hydroxylation is 2. The summed E-state index contributed by atoms with van der Waals surface area (Å²) < 4.78 is 2.13. The summed E-state index contributed by atoms with van der Waals surface area (Å²) in [5, 5.41) is 3.69. The predicted octanol–water partition coefficient (Wildman–Crippen LogP) is 7.09. The Bertz CT molecular complexity index is 1280. The van der Waals surface area contributed by atoms with E-state index in [4.69, 9.17) is 4.98 Å². The standard InChI is InChI=1S/C25H21N3S/c1-17-9-8-10-18(2)23(17)27-25-24(26-22-13-6-7-16-28(22)25)21-15-14-20(29-21)19-11-4-3-5-12-19/h3-16,27H,1-2H3. The first-order valence-corrected chi connectivity index (χ1v) is 10.5. The molecule has 0 radical (unpaired) electrons. The van der Waals surface area contributed by atoms with Crippen molar-refractivity contribution < 1.29 is 0 Å². The third kappa shape index (κ3) is 3.22. The molecule has 0 saturated heterocycles. The summed E-state index contributed by atoms with van der Waals surface area (Å²) in [6.07, 6.45) is 2.06. The van der Waals surface area contributed by atoms with Crippen LogP contribution < -0.4 is 5.32 Å². The number of fused-ring (bicyclic) bond motifs is 1. The molecule has 1 N–H and O–H groups in total. The molecule has 0 atom stereocenters. The predicted molar refractivity (Wildman–Crippen MR) is 123 cm³/mol. The molecule has 2 aromatic carbocycles. The fraction of sp³-hybridized carbons (Fsp3) is 0.0800. The van der Waals surface area contributed by atoms with Crippen LogP contribution in [0.3, 0.4) is 0 Å². The smallest absolute Gasteiger partial charge is 0.144 e. The third-order valence-electron chi connectivity index (χ3n) is 5.15. The lowest BCUT2D eigenvalue weighted by atomic mass is 10.1. The molecule has 4 heteroatoms. The van der Waals surface area contributed by atoms with Gasteiger partial charge in [0.1, 0.15) is 17.2 Å². The Morgan fingerprint density at radius 1 is 0.759 bits per heavy atom. The lowest BCUT2D eigenvalue weighted by Crippen LogP contribution is -2.00. The molecule has 0 saturated carbocycles. The molecule has 29 heavy (non-hydrogen) atoms. The molecule has 0 spiro atoms. The van der Waals surface area contributed by atoms with Crippen molar-refractivity contribution in [1.29, 1.82) is 0 Å². The van der Waals surface area contributed by atoms with Crippen molar-refractivity contribution in [1.82, 2.24) is 9.38 Å². The number of rotatable bonds is 4. The summed E-state index contributed by atoms with van der Waals surface area (Å²) >= 11 is 1.77. The quantitative estimate of drug-likeness (QED) is 0.352. The van der Waals surface area contributed by atoms with Crippen molar-refractivity contribution in [3.05, 3.63) is 96.2 Å². The Balaban J connectivity index is 1.65. The summed E-state index contributed by atoms with van der Waals surface area (Å²) in [5.74, 6) is 1.000. The van der Waals surface area contributed by atoms with Gasteiger partial charge in [0, 0.05) is 16.8 Å². The van der Waals surface area contributed by atoms with Gasteiger partial charge in [-0.3, -0.25) is 4.40 Å². The van der Waals surface area contributed by atoms with Crippen LogP contribution in [0.2, 0.25) is 0 Å². The lowest BCUT2D eigenvalue weighted by Gasteiger charge is -2.13. The van der Waals surface area contributed by atoms with Crippen molar-refractivity contribution >= 4 is 28.5 Å². The maximum Gasteiger partial charge on any atom is 0.144 e. The second-order valence-corrected chi connectivity index (χ2v) is 8.24. The van der Waals surface area contributed by atoms with Crippen molar-refractivity contribution in [2.75, 3.05) is 5.32 Å². The first kappa shape index (κ1) is 17.7. The number of thiophene rings is 1. The lowest BCUT2D eigenvalue weighted by molar-refractivity contribution is 1.18. The van der Waals surface area contributed by atoms with E-state index in [9.17, 15) is 0 Å². The van der Waals surface area contributed by atoms with Crippen molar-refractivity contribution in [2.45, 2.75) is 13.8 Å². The number of nitrogens with zero attached hydrogens (tertiary/aromatic N) is 2. The van der Waals surface area contributed by atoms with Crippen LogP contribution in [-0.2, 0) is 0 Å². The van der Waals surface area contributed by atoms with Crippen LogP contribution in [0.5, 0.6) is 0 Å². The number of aromatic nitrogens is 2. The SMILES string of the molecule is Cc1cccc(C)c1Nc1c(-c2ccc(-c3ccccc3)s2)nc2ccccn12. The molecule has 0 aliphatic rings. The molecule has 0 unspecified atom stereocenters. The molecule has 142 valence electrons. The number of hydrogen-bond donors (Lipinski definition) is 1. The molecule has 0 amide bonds. The van der Waals surface area contributed by atoms with Crippen LogP contribution in [0.25, 0.3) is 26.7 Å². The van der Waals surface area contributed by atoms with Crippen LogP contribution in [0.1, 0.15) is 11.1 Å². The zero-order valence-corrected chi connectivity index (χ0v) is 17.2. The minimum absolute atomic E-state index is 0.936. The minimum atomic E-state index is 0.936. The average molecular weight is 396 g/mol. The monoisotopic (exact) mass is 395 g/mol. The van der Waals surface area contributed by atoms with Gasteiger partial charge in [0.25, 0.3) is 0 Å². The second-order valence-electron chi connectivity index (χ2n) is 7.16. The van der Waals surface area contributed by atoms with Gasteiger partial charge >= 0.3 is 0 Å². The van der Waals surface area contributed by atoms with E-state index in [1.54, 1.807) is 11.3 Å². The van der Waals surface area contributed by atoms with Gasteiger partial charge < -0.3 is 5.32 Å². The molecule has 0 aliphatic carbocycles. The number of pyridine rings is 1. The molecule has 0 bridgehead atoms. The van der Waals surface area contributed by atoms with Gasteiger partial charge in [0.2, 0.25) is 0 Å². The van der Waals surface area contributed by atoms with Crippen LogP contribution in [0, 0.1) is 13.8 Å². The van der Waals surface area contributed by atoms with Crippen molar-refractivity contribution in [3.63, 3.8) is 0 Å². The van der Waals surface area contributed by atoms with Gasteiger partial charge in [-0.1, -0.05) is 54.6 Å². The first-order chi connectivity index (χ1) is 14.2. The zero-order valence-electron chi connectivity index (χ0n) is 16.4. The van der Waals surface area contributed by atoms with E-state index in [0.29, 0.717) is 0 Å². The van der Waals surface area contributed by atoms with Crippen LogP contribution in [0.15, 0.2) is 85.1 Å². The summed E-state index contributed by atoms with van der Waals surface area (Å²) in [5.41, 5.74) is 6.73. The van der Waals surface area contributed by atoms with Crippen LogP contribution in [-0.4, -0.2) is 9.38 Å². The molecule has 3 heterocycles. The molecule has 0 fully saturated rings. The normalized spacial score (nSPS) is 11.1. The molecule has 0 aliphatic heterocycles. The fourth-order valence-electron chi connectivity index (χ4n) is 3.64. The van der Waals surface area contributed by atoms with E-state index in [-0.39, 0.29) is 0 Å². The highest BCUT2D eigenvalue weighted by molar-refractivity contribution is 7.18. The minimum Gasteiger partial charge on any atom is -0.339 e. The van der Waals surface area contributed by atoms with Gasteiger partial charge in [-0.2, -0.15) is 0 Å². The fourth-order valence-corrected chi connectivity index (χ4v) is 4.64. The van der Waals surface area contributed by atoms with Gasteiger partial charge in [0.15, 0.2) is 0 Å². The number of para-hydroxylation sites is 1. The molecule has 3 aromatic heterocycles. The van der Waals surface area contributed by atoms with Crippen molar-refractivity contribution in [2.24, 2.45) is 0 Å². The van der Waals surface area contributed by atoms with E-state index >= 15 is 0 Å². The van der Waals surface area contributed by atoms with E-state index in [1.807, 2.05) is 24.3 Å². The molecule has 5 rings (SSSR count). The van der Waals surface area contributed by atoms with E-state index in [2.05, 4.69) is 84.4 Å². The summed E-state index contributed by atoms with van der Waals surface area (Å²) in [6.45, 7) is 4.27. The zero-order chi connectivity index (χ0) is 19.8. The highest BCUT2D eigenvalue weighted by atomic mass is 32.1. The molecular weight excluding hydrogens is 374 g/mol. The van der Waals surface area contributed by atoms with Crippen LogP contribution in [0.4, 0.5) is 11.5 Å². The second kappa shape index (κ2) is 7.22. The van der Waals surface area contributed by atoms with Gasteiger partial charge in [0.05, 0.1) is 4.88 Å². The molecular formula is C25H21N3S. The van der Waals surface area contributed by atoms with Gasteiger partial charge in [-0.15, -0.1) is 11.3 Å². The van der Waals surface area contributed by atoms with Gasteiger partial charge in [-0.25, -0.2) is 4.98 Å². The highest BCUT2D eigenvalue weighted by Gasteiger charge is 2.17. The Kier molecular flexibility index (Phi) is 4.41. The Morgan fingerprint density at radius 2 is 1.48 bits per heavy atom. The van der Waals surface area contributed by atoms with E-state index < -0.39 is 0 Å². The van der Waals surface area contributed by atoms with E-state index in [0.717, 1.165) is 27.7 Å². The summed E-state index contributed by atoms with van der Waals surface area (Å²) in [6, 6.07) is 27.3. The van der Waals surface area contributed by atoms with Crippen molar-refractivity contribution in [3.8, 4) is 21.0 Å². The molecule has 3 nitrogen and oxygen atoms in total. The largest absolute Gasteiger partial charge is 0.339 e. The number of anilines is 2. The Labute approximate surface area is 174 Å². The number of imidazole rings is 1. The number of nitrogens with one attached hydrogen (secondary N) is 1. The topological polar surface area (TPSA) is 29.3 Å². The maximum atomic E-state index is 4.96. The number of hydrogen-bond acceptors (Lipinski definition) is 3. The average Bonchev–Trinajstić information content (AvgIpc) is 3.37. The summed E-state index contributed by atoms with van der Waals surface area (Å²) in [4.78, 5) is 7.36. The van der Waals surface area contributed by atoms with E-state index in [1.165, 1.54) is 21.6 Å². The third-order valence-corrected chi connectivity index (χ3v) is 6.29. The Morgan fingerprint density at radius 3 is 2.28 bits per heavy atom. The Hall–Kier alpha value is -3.37. The highest BCUT2D eigenvalue weighted by Crippen LogP contribution is 2.39. The van der Waals surface area contributed by atoms with Crippen LogP contribution >= 0.6 is 11.3 Å².